The number of hydrogen-bond acceptors (Lipinski definition) is 4. The molecule has 1 aliphatic rings. The Hall–Kier alpha value is -2.64. The Bertz CT molecular complexity index is 913. The van der Waals surface area contributed by atoms with Gasteiger partial charge in [0.15, 0.2) is 6.10 Å². The number of nitrogens with zero attached hydrogens (tertiary/aromatic N) is 1. The average Bonchev–Trinajstić information content (AvgIpc) is 3.55. The van der Waals surface area contributed by atoms with Crippen LogP contribution in [-0.2, 0) is 14.9 Å². The van der Waals surface area contributed by atoms with E-state index in [1.165, 1.54) is 25.7 Å². The monoisotopic (exact) mass is 433 g/mol. The first-order valence-corrected chi connectivity index (χ1v) is 12.0. The summed E-state index contributed by atoms with van der Waals surface area (Å²) >= 11 is 0. The van der Waals surface area contributed by atoms with E-state index < -0.39 is 6.10 Å². The molecule has 0 aromatic heterocycles. The van der Waals surface area contributed by atoms with Crippen molar-refractivity contribution >= 4 is 5.97 Å². The van der Waals surface area contributed by atoms with Gasteiger partial charge in [-0.25, -0.2) is 4.79 Å². The summed E-state index contributed by atoms with van der Waals surface area (Å²) in [7, 11) is 0. The maximum Gasteiger partial charge on any atom is 0.340 e. The van der Waals surface area contributed by atoms with Crippen LogP contribution in [0.3, 0.4) is 0 Å². The first kappa shape index (κ1) is 24.0. The summed E-state index contributed by atoms with van der Waals surface area (Å²) in [5.74, 6) is 0.619. The predicted octanol–water partition coefficient (Wildman–Crippen LogP) is 6.83. The average molecular weight is 434 g/mol. The molecule has 1 fully saturated rings. The third kappa shape index (κ3) is 5.78. The molecular weight excluding hydrogens is 398 g/mol. The molecule has 170 valence electrons. The minimum Gasteiger partial charge on any atom is -0.425 e. The zero-order chi connectivity index (χ0) is 23.0. The minimum atomic E-state index is -0.576. The number of esters is 1. The Balaban J connectivity index is 1.59. The molecule has 0 radical (unpaired) electrons. The van der Waals surface area contributed by atoms with Crippen molar-refractivity contribution in [3.05, 3.63) is 54.1 Å². The molecule has 4 nitrogen and oxygen atoms in total. The Morgan fingerprint density at radius 2 is 1.69 bits per heavy atom. The number of rotatable bonds is 12. The molecule has 2 aromatic rings. The van der Waals surface area contributed by atoms with Crippen molar-refractivity contribution in [2.45, 2.75) is 77.2 Å². The van der Waals surface area contributed by atoms with E-state index in [1.807, 2.05) is 19.1 Å². The molecule has 0 spiro atoms. The smallest absolute Gasteiger partial charge is 0.340 e. The van der Waals surface area contributed by atoms with Gasteiger partial charge >= 0.3 is 5.97 Å². The van der Waals surface area contributed by atoms with E-state index in [2.05, 4.69) is 37.3 Å². The van der Waals surface area contributed by atoms with E-state index in [1.54, 1.807) is 19.1 Å². The van der Waals surface area contributed by atoms with E-state index in [4.69, 9.17) is 9.47 Å². The first-order valence-electron chi connectivity index (χ1n) is 12.0. The second-order valence-corrected chi connectivity index (χ2v) is 8.87. The molecule has 0 N–H and O–H groups in total. The lowest BCUT2D eigenvalue weighted by Crippen LogP contribution is -2.26. The lowest BCUT2D eigenvalue weighted by molar-refractivity contribution is -0.146. The largest absolute Gasteiger partial charge is 0.425 e. The van der Waals surface area contributed by atoms with Crippen molar-refractivity contribution in [3.63, 3.8) is 0 Å². The molecule has 0 heterocycles. The molecule has 4 heteroatoms. The lowest BCUT2D eigenvalue weighted by atomic mass is 9.91. The summed E-state index contributed by atoms with van der Waals surface area (Å²) in [4.78, 5) is 12.1. The Labute approximate surface area is 192 Å². The molecular formula is C28H35NO3. The molecule has 0 amide bonds. The number of nitriles is 1. The fraction of sp³-hybridized carbons (Fsp3) is 0.500. The number of hydrogen-bond donors (Lipinski definition) is 0. The second kappa shape index (κ2) is 11.3. The highest BCUT2D eigenvalue weighted by Crippen LogP contribution is 2.56. The van der Waals surface area contributed by atoms with Crippen molar-refractivity contribution < 1.29 is 14.3 Å². The van der Waals surface area contributed by atoms with E-state index in [9.17, 15) is 10.1 Å². The Morgan fingerprint density at radius 3 is 2.28 bits per heavy atom. The van der Waals surface area contributed by atoms with Crippen molar-refractivity contribution in [2.24, 2.45) is 5.92 Å². The first-order chi connectivity index (χ1) is 15.5. The van der Waals surface area contributed by atoms with Crippen molar-refractivity contribution in [2.75, 3.05) is 6.61 Å². The van der Waals surface area contributed by atoms with Crippen LogP contribution in [0.5, 0.6) is 5.75 Å². The van der Waals surface area contributed by atoms with Gasteiger partial charge in [0.2, 0.25) is 0 Å². The highest BCUT2D eigenvalue weighted by Gasteiger charge is 2.55. The van der Waals surface area contributed by atoms with E-state index in [-0.39, 0.29) is 11.4 Å². The van der Waals surface area contributed by atoms with E-state index in [0.29, 0.717) is 18.3 Å². The summed E-state index contributed by atoms with van der Waals surface area (Å²) < 4.78 is 10.8. The van der Waals surface area contributed by atoms with Gasteiger partial charge in [0.05, 0.1) is 11.5 Å². The highest BCUT2D eigenvalue weighted by atomic mass is 16.6. The van der Waals surface area contributed by atoms with Gasteiger partial charge in [-0.1, -0.05) is 75.9 Å². The zero-order valence-electron chi connectivity index (χ0n) is 19.6. The molecule has 1 aliphatic carbocycles. The van der Waals surface area contributed by atoms with Crippen LogP contribution in [0.2, 0.25) is 0 Å². The molecule has 0 unspecified atom stereocenters. The number of unbranched alkanes of at least 4 members (excludes halogenated alkanes) is 3. The standard InChI is InChI=1S/C28H35NO3/c1-4-6-7-8-9-25-19-28(25,20-29)24-14-10-22(11-15-24)23-12-16-26(17-13-23)32-27(30)21(3)31-18-5-2/h10-17,21,25H,4-9,18-19H2,1-3H3/t21-,25-,28-/m0/s1. The third-order valence-corrected chi connectivity index (χ3v) is 6.42. The maximum absolute atomic E-state index is 12.1. The summed E-state index contributed by atoms with van der Waals surface area (Å²) in [5.41, 5.74) is 2.97. The molecule has 0 saturated heterocycles. The SMILES string of the molecule is CCCCCC[C@H]1C[C@]1(C#N)c1ccc(-c2ccc(OC(=O)[C@H](C)OCCC)cc2)cc1. The summed E-state index contributed by atoms with van der Waals surface area (Å²) in [5, 5.41) is 9.86. The summed E-state index contributed by atoms with van der Waals surface area (Å²) in [6.45, 7) is 6.47. The van der Waals surface area contributed by atoms with Crippen molar-refractivity contribution in [1.82, 2.24) is 0 Å². The molecule has 3 atom stereocenters. The molecule has 32 heavy (non-hydrogen) atoms. The van der Waals surface area contributed by atoms with Gasteiger partial charge in [0.1, 0.15) is 5.75 Å². The molecule has 2 aromatic carbocycles. The van der Waals surface area contributed by atoms with Gasteiger partial charge < -0.3 is 9.47 Å². The van der Waals surface area contributed by atoms with Crippen LogP contribution in [0.1, 0.15) is 71.3 Å². The highest BCUT2D eigenvalue weighted by molar-refractivity contribution is 5.77. The Morgan fingerprint density at radius 1 is 1.03 bits per heavy atom. The van der Waals surface area contributed by atoms with Gasteiger partial charge in [-0.05, 0) is 60.9 Å². The van der Waals surface area contributed by atoms with Crippen molar-refractivity contribution in [3.8, 4) is 22.9 Å². The summed E-state index contributed by atoms with van der Waals surface area (Å²) in [6.07, 6.45) is 7.43. The molecule has 1 saturated carbocycles. The number of carbonyl (C=O) groups is 1. The number of benzene rings is 2. The number of carbonyl (C=O) groups excluding carboxylic acids is 1. The van der Waals surface area contributed by atoms with Gasteiger partial charge in [0.25, 0.3) is 0 Å². The molecule has 0 aliphatic heterocycles. The van der Waals surface area contributed by atoms with Crippen LogP contribution in [0.4, 0.5) is 0 Å². The predicted molar refractivity (Wildman–Crippen MR) is 127 cm³/mol. The summed E-state index contributed by atoms with van der Waals surface area (Å²) in [6, 6.07) is 18.5. The van der Waals surface area contributed by atoms with Crippen LogP contribution in [-0.4, -0.2) is 18.7 Å². The van der Waals surface area contributed by atoms with E-state index >= 15 is 0 Å². The lowest BCUT2D eigenvalue weighted by Gasteiger charge is -2.13. The number of ether oxygens (including phenoxy) is 2. The second-order valence-electron chi connectivity index (χ2n) is 8.87. The van der Waals surface area contributed by atoms with Gasteiger partial charge in [0, 0.05) is 6.61 Å². The fourth-order valence-electron chi connectivity index (χ4n) is 4.29. The van der Waals surface area contributed by atoms with E-state index in [0.717, 1.165) is 36.0 Å². The van der Waals surface area contributed by atoms with Crippen LogP contribution in [0.25, 0.3) is 11.1 Å². The normalized spacial score (nSPS) is 20.4. The van der Waals surface area contributed by atoms with Crippen molar-refractivity contribution in [1.29, 1.82) is 5.26 Å². The van der Waals surface area contributed by atoms with Gasteiger partial charge in [-0.2, -0.15) is 5.26 Å². The minimum absolute atomic E-state index is 0.292. The maximum atomic E-state index is 12.1. The van der Waals surface area contributed by atoms with Crippen LogP contribution >= 0.6 is 0 Å². The molecule has 0 bridgehead atoms. The van der Waals surface area contributed by atoms with Crippen LogP contribution in [0, 0.1) is 17.2 Å². The molecule has 3 rings (SSSR count). The van der Waals surface area contributed by atoms with Gasteiger partial charge in [-0.3, -0.25) is 0 Å². The van der Waals surface area contributed by atoms with Crippen LogP contribution in [0.15, 0.2) is 48.5 Å². The third-order valence-electron chi connectivity index (χ3n) is 6.42. The van der Waals surface area contributed by atoms with Crippen LogP contribution < -0.4 is 4.74 Å². The van der Waals surface area contributed by atoms with Gasteiger partial charge in [-0.15, -0.1) is 0 Å². The zero-order valence-corrected chi connectivity index (χ0v) is 19.6. The Kier molecular flexibility index (Phi) is 8.47. The fourth-order valence-corrected chi connectivity index (χ4v) is 4.29. The topological polar surface area (TPSA) is 59.3 Å². The quantitative estimate of drug-likeness (QED) is 0.209.